The first-order valence-electron chi connectivity index (χ1n) is 6.67. The van der Waals surface area contributed by atoms with Gasteiger partial charge in [0.1, 0.15) is 0 Å². The summed E-state index contributed by atoms with van der Waals surface area (Å²) < 4.78 is 0. The quantitative estimate of drug-likeness (QED) is 0.698. The van der Waals surface area contributed by atoms with Gasteiger partial charge in [0.15, 0.2) is 0 Å². The van der Waals surface area contributed by atoms with Gasteiger partial charge in [-0.2, -0.15) is 0 Å². The maximum absolute atomic E-state index is 9.01. The molecule has 1 aliphatic heterocycles. The predicted molar refractivity (Wildman–Crippen MR) is 73.4 cm³/mol. The minimum absolute atomic E-state index is 0.290. The summed E-state index contributed by atoms with van der Waals surface area (Å²) in [5.41, 5.74) is 3.25. The van der Waals surface area contributed by atoms with E-state index in [1.165, 1.54) is 30.4 Å². The molecule has 1 saturated heterocycles. The molecular weight excluding hydrogens is 205 g/mol. The van der Waals surface area contributed by atoms with Gasteiger partial charge in [-0.3, -0.25) is 0 Å². The first-order valence-corrected chi connectivity index (χ1v) is 6.67. The molecule has 1 heterocycles. The summed E-state index contributed by atoms with van der Waals surface area (Å²) in [5, 5.41) is 9.01. The lowest BCUT2D eigenvalue weighted by Crippen LogP contribution is -2.34. The van der Waals surface area contributed by atoms with E-state index in [0.717, 1.165) is 12.6 Å². The number of aryl methyl sites for hydroxylation is 1. The summed E-state index contributed by atoms with van der Waals surface area (Å²) in [6.07, 6.45) is 5.67. The van der Waals surface area contributed by atoms with Gasteiger partial charge in [-0.1, -0.05) is 43.8 Å². The molecule has 1 aliphatic rings. The van der Waals surface area contributed by atoms with Crippen LogP contribution >= 0.6 is 0 Å². The second kappa shape index (κ2) is 4.96. The number of hydrogen-bond acceptors (Lipinski definition) is 1. The molecule has 0 atom stereocenters. The Hall–Kier alpha value is -1.23. The zero-order valence-corrected chi connectivity index (χ0v) is 10.9. The maximum Gasteiger partial charge on any atom is 0.267 e. The molecule has 0 amide bonds. The van der Waals surface area contributed by atoms with Crippen LogP contribution < -0.4 is 0 Å². The maximum atomic E-state index is 9.01. The molecule has 1 fully saturated rings. The molecule has 0 saturated carbocycles. The van der Waals surface area contributed by atoms with Crippen molar-refractivity contribution < 1.29 is 0 Å². The highest BCUT2D eigenvalue weighted by atomic mass is 14.4. The van der Waals surface area contributed by atoms with Gasteiger partial charge in [-0.05, 0) is 42.7 Å². The van der Waals surface area contributed by atoms with Crippen LogP contribution in [0.5, 0.6) is 0 Å². The second-order valence-corrected chi connectivity index (χ2v) is 5.35. The third-order valence-electron chi connectivity index (χ3n) is 4.52. The van der Waals surface area contributed by atoms with Crippen LogP contribution in [0.25, 0.3) is 0 Å². The van der Waals surface area contributed by atoms with Crippen LogP contribution in [0.2, 0.25) is 12.6 Å². The Bertz CT molecular complexity index is 425. The average Bonchev–Trinajstić information content (AvgIpc) is 2.39. The molecule has 0 unspecified atom stereocenters. The zero-order chi connectivity index (χ0) is 12.3. The van der Waals surface area contributed by atoms with Crippen LogP contribution in [-0.2, 0) is 5.41 Å². The molecule has 0 aliphatic carbocycles. The molecule has 0 N–H and O–H groups in total. The van der Waals surface area contributed by atoms with Crippen molar-refractivity contribution in [2.45, 2.75) is 51.2 Å². The van der Waals surface area contributed by atoms with Crippen LogP contribution in [0.3, 0.4) is 0 Å². The lowest BCUT2D eigenvalue weighted by Gasteiger charge is -2.39. The summed E-state index contributed by atoms with van der Waals surface area (Å²) in [6.45, 7) is 4.79. The van der Waals surface area contributed by atoms with Crippen LogP contribution in [0.1, 0.15) is 37.3 Å². The third-order valence-corrected chi connectivity index (χ3v) is 4.52. The van der Waals surface area contributed by atoms with Crippen LogP contribution in [-0.4, -0.2) is 6.71 Å². The Balaban J connectivity index is 2.28. The molecule has 0 aromatic heterocycles. The van der Waals surface area contributed by atoms with Crippen LogP contribution in [0.15, 0.2) is 24.3 Å². The highest BCUT2D eigenvalue weighted by molar-refractivity contribution is 6.67. The van der Waals surface area contributed by atoms with Crippen molar-refractivity contribution in [2.24, 2.45) is 0 Å². The van der Waals surface area contributed by atoms with Crippen molar-refractivity contribution >= 4 is 6.71 Å². The normalized spacial score (nSPS) is 18.8. The predicted octanol–water partition coefficient (Wildman–Crippen LogP) is 3.99. The molecule has 2 rings (SSSR count). The molecule has 88 valence electrons. The van der Waals surface area contributed by atoms with E-state index >= 15 is 0 Å². The standard InChI is InChI=1S/C15H20BN/c1-3-15(8-10-16(12-17)11-9-15)14-7-5-4-6-13(14)2/h4-7H,3,8-11H2,1-2H3. The lowest BCUT2D eigenvalue weighted by molar-refractivity contribution is 0.365. The van der Waals surface area contributed by atoms with E-state index in [2.05, 4.69) is 44.1 Å². The number of nitrogens with zero attached hydrogens (tertiary/aromatic N) is 1. The van der Waals surface area contributed by atoms with Gasteiger partial charge in [0.05, 0.1) is 0 Å². The zero-order valence-electron chi connectivity index (χ0n) is 10.9. The van der Waals surface area contributed by atoms with Gasteiger partial charge in [0, 0.05) is 5.97 Å². The number of benzene rings is 1. The van der Waals surface area contributed by atoms with Crippen LogP contribution in [0, 0.1) is 18.2 Å². The fourth-order valence-corrected chi connectivity index (χ4v) is 3.28. The van der Waals surface area contributed by atoms with Crippen molar-refractivity contribution in [3.63, 3.8) is 0 Å². The van der Waals surface area contributed by atoms with E-state index in [-0.39, 0.29) is 0 Å². The Morgan fingerprint density at radius 3 is 2.47 bits per heavy atom. The van der Waals surface area contributed by atoms with Gasteiger partial charge in [-0.15, -0.1) is 0 Å². The molecule has 2 heteroatoms. The average molecular weight is 225 g/mol. The minimum Gasteiger partial charge on any atom is -0.213 e. The molecule has 17 heavy (non-hydrogen) atoms. The summed E-state index contributed by atoms with van der Waals surface area (Å²) in [7, 11) is 0. The molecule has 0 spiro atoms. The summed E-state index contributed by atoms with van der Waals surface area (Å²) in [5.74, 6) is 2.43. The number of hydrogen-bond donors (Lipinski definition) is 0. The highest BCUT2D eigenvalue weighted by Crippen LogP contribution is 2.43. The first kappa shape index (κ1) is 12.2. The largest absolute Gasteiger partial charge is 0.267 e. The monoisotopic (exact) mass is 225 g/mol. The second-order valence-electron chi connectivity index (χ2n) is 5.35. The van der Waals surface area contributed by atoms with Gasteiger partial charge < -0.3 is 0 Å². The lowest BCUT2D eigenvalue weighted by atomic mass is 9.39. The van der Waals surface area contributed by atoms with Gasteiger partial charge in [0.25, 0.3) is 6.71 Å². The molecule has 1 aromatic carbocycles. The Labute approximate surface area is 105 Å². The Morgan fingerprint density at radius 1 is 1.29 bits per heavy atom. The topological polar surface area (TPSA) is 23.8 Å². The van der Waals surface area contributed by atoms with E-state index in [0.29, 0.717) is 12.1 Å². The fourth-order valence-electron chi connectivity index (χ4n) is 3.28. The molecule has 1 nitrogen and oxygen atoms in total. The number of rotatable bonds is 2. The SMILES string of the molecule is CCC1(c2ccccc2C)CCB(C#N)CC1. The Kier molecular flexibility index (Phi) is 3.57. The molecule has 0 bridgehead atoms. The van der Waals surface area contributed by atoms with Crippen molar-refractivity contribution in [1.29, 1.82) is 5.26 Å². The molecule has 0 radical (unpaired) electrons. The first-order chi connectivity index (χ1) is 8.22. The molecule has 1 aromatic rings. The van der Waals surface area contributed by atoms with Crippen molar-refractivity contribution in [3.05, 3.63) is 35.4 Å². The van der Waals surface area contributed by atoms with E-state index < -0.39 is 0 Å². The van der Waals surface area contributed by atoms with E-state index in [4.69, 9.17) is 5.26 Å². The fraction of sp³-hybridized carbons (Fsp3) is 0.533. The molecular formula is C15H20BN. The Morgan fingerprint density at radius 2 is 1.94 bits per heavy atom. The van der Waals surface area contributed by atoms with Gasteiger partial charge in [-0.25, -0.2) is 5.26 Å². The number of nitriles is 1. The van der Waals surface area contributed by atoms with Gasteiger partial charge in [0.2, 0.25) is 0 Å². The summed E-state index contributed by atoms with van der Waals surface area (Å²) in [4.78, 5) is 0. The minimum atomic E-state index is 0.290. The highest BCUT2D eigenvalue weighted by Gasteiger charge is 2.37. The van der Waals surface area contributed by atoms with Crippen molar-refractivity contribution in [2.75, 3.05) is 0 Å². The van der Waals surface area contributed by atoms with Crippen molar-refractivity contribution in [3.8, 4) is 5.97 Å². The van der Waals surface area contributed by atoms with E-state index in [9.17, 15) is 0 Å². The summed E-state index contributed by atoms with van der Waals surface area (Å²) in [6, 6.07) is 8.76. The third kappa shape index (κ3) is 2.24. The van der Waals surface area contributed by atoms with Gasteiger partial charge >= 0.3 is 0 Å². The van der Waals surface area contributed by atoms with Crippen molar-refractivity contribution in [1.82, 2.24) is 0 Å². The van der Waals surface area contributed by atoms with E-state index in [1.54, 1.807) is 0 Å². The summed E-state index contributed by atoms with van der Waals surface area (Å²) >= 11 is 0. The van der Waals surface area contributed by atoms with Crippen LogP contribution in [0.4, 0.5) is 0 Å². The smallest absolute Gasteiger partial charge is 0.213 e. The van der Waals surface area contributed by atoms with E-state index in [1.807, 2.05) is 0 Å².